The Morgan fingerprint density at radius 2 is 2.11 bits per heavy atom. The number of carbonyl (C=O) groups is 2. The number of carbonyl (C=O) groups excluding carboxylic acids is 2. The average Bonchev–Trinajstić information content (AvgIpc) is 3.24. The maximum absolute atomic E-state index is 13.1. The molecule has 10 heteroatoms. The fraction of sp³-hybridized carbons (Fsp3) is 0.294. The number of fused-ring (bicyclic) bond motifs is 1. The molecule has 2 amide bonds. The molecule has 3 aromatic rings. The fourth-order valence-electron chi connectivity index (χ4n) is 3.07. The Bertz CT molecular complexity index is 961. The summed E-state index contributed by atoms with van der Waals surface area (Å²) in [6, 6.07) is 5.12. The van der Waals surface area contributed by atoms with E-state index >= 15 is 0 Å². The second-order valence-corrected chi connectivity index (χ2v) is 6.05. The van der Waals surface area contributed by atoms with Crippen LogP contribution in [0.2, 0.25) is 0 Å². The van der Waals surface area contributed by atoms with Crippen molar-refractivity contribution in [1.29, 1.82) is 0 Å². The molecule has 0 radical (unpaired) electrons. The van der Waals surface area contributed by atoms with Crippen LogP contribution in [0.3, 0.4) is 0 Å². The zero-order chi connectivity index (χ0) is 18.1. The molecule has 0 atom stereocenters. The Morgan fingerprint density at radius 1 is 1.26 bits per heavy atom. The quantitative estimate of drug-likeness (QED) is 0.687. The summed E-state index contributed by atoms with van der Waals surface area (Å²) in [6.07, 6.45) is 3.80. The standard InChI is InChI=1S/C17H18N6O3.ClH/c18-15(24)14-16-21-11(13-3-1-8-26-13)9-12(23(16)10-20-14)17(25)22-6-2-4-19-5-7-22;/h1,3,8-10,19H,2,4-7H2,(H2,18,24);1H. The van der Waals surface area contributed by atoms with Crippen molar-refractivity contribution in [3.8, 4) is 11.5 Å². The molecule has 4 rings (SSSR count). The number of hydrogen-bond acceptors (Lipinski definition) is 6. The summed E-state index contributed by atoms with van der Waals surface area (Å²) in [5, 5.41) is 3.27. The maximum Gasteiger partial charge on any atom is 0.271 e. The Balaban J connectivity index is 0.00000210. The molecule has 9 nitrogen and oxygen atoms in total. The number of rotatable bonds is 3. The van der Waals surface area contributed by atoms with Crippen molar-refractivity contribution in [2.75, 3.05) is 26.2 Å². The van der Waals surface area contributed by atoms with Crippen molar-refractivity contribution >= 4 is 29.9 Å². The number of imidazole rings is 1. The van der Waals surface area contributed by atoms with Crippen LogP contribution < -0.4 is 11.1 Å². The molecule has 1 fully saturated rings. The van der Waals surface area contributed by atoms with Crippen molar-refractivity contribution in [2.24, 2.45) is 5.73 Å². The van der Waals surface area contributed by atoms with Gasteiger partial charge >= 0.3 is 0 Å². The van der Waals surface area contributed by atoms with Crippen molar-refractivity contribution in [3.63, 3.8) is 0 Å². The topological polar surface area (TPSA) is 119 Å². The van der Waals surface area contributed by atoms with Gasteiger partial charge in [0, 0.05) is 19.6 Å². The van der Waals surface area contributed by atoms with Gasteiger partial charge in [-0.1, -0.05) is 0 Å². The molecule has 4 heterocycles. The lowest BCUT2D eigenvalue weighted by atomic mass is 10.2. The third-order valence-electron chi connectivity index (χ3n) is 4.36. The monoisotopic (exact) mass is 390 g/mol. The van der Waals surface area contributed by atoms with Crippen LogP contribution in [0, 0.1) is 0 Å². The van der Waals surface area contributed by atoms with E-state index in [2.05, 4.69) is 15.3 Å². The minimum atomic E-state index is -0.700. The number of nitrogens with zero attached hydrogens (tertiary/aromatic N) is 4. The lowest BCUT2D eigenvalue weighted by Gasteiger charge is -2.20. The number of aromatic nitrogens is 3. The Hall–Kier alpha value is -2.91. The maximum atomic E-state index is 13.1. The minimum Gasteiger partial charge on any atom is -0.463 e. The van der Waals surface area contributed by atoms with Gasteiger partial charge in [0.2, 0.25) is 0 Å². The van der Waals surface area contributed by atoms with Crippen molar-refractivity contribution in [1.82, 2.24) is 24.6 Å². The molecular formula is C17H19ClN6O3. The van der Waals surface area contributed by atoms with Crippen molar-refractivity contribution in [2.45, 2.75) is 6.42 Å². The highest BCUT2D eigenvalue weighted by Gasteiger charge is 2.24. The normalized spacial score (nSPS) is 14.6. The first kappa shape index (κ1) is 18.9. The molecule has 0 aliphatic carbocycles. The number of halogens is 1. The summed E-state index contributed by atoms with van der Waals surface area (Å²) in [7, 11) is 0. The van der Waals surface area contributed by atoms with Crippen LogP contribution in [0.5, 0.6) is 0 Å². The first-order valence-corrected chi connectivity index (χ1v) is 8.37. The van der Waals surface area contributed by atoms with Crippen LogP contribution in [0.1, 0.15) is 27.4 Å². The van der Waals surface area contributed by atoms with Crippen molar-refractivity contribution < 1.29 is 14.0 Å². The van der Waals surface area contributed by atoms with E-state index in [0.717, 1.165) is 19.5 Å². The first-order valence-electron chi connectivity index (χ1n) is 8.37. The van der Waals surface area contributed by atoms with Gasteiger partial charge < -0.3 is 20.4 Å². The van der Waals surface area contributed by atoms with Crippen LogP contribution in [0.4, 0.5) is 0 Å². The van der Waals surface area contributed by atoms with Crippen molar-refractivity contribution in [3.05, 3.63) is 42.2 Å². The van der Waals surface area contributed by atoms with Crippen LogP contribution in [0.15, 0.2) is 35.2 Å². The molecule has 0 unspecified atom stereocenters. The molecule has 0 aromatic carbocycles. The van der Waals surface area contributed by atoms with E-state index in [9.17, 15) is 9.59 Å². The number of nitrogens with one attached hydrogen (secondary N) is 1. The van der Waals surface area contributed by atoms with Gasteiger partial charge in [-0.25, -0.2) is 9.97 Å². The van der Waals surface area contributed by atoms with Crippen LogP contribution in [-0.2, 0) is 0 Å². The summed E-state index contributed by atoms with van der Waals surface area (Å²) < 4.78 is 6.91. The average molecular weight is 391 g/mol. The zero-order valence-corrected chi connectivity index (χ0v) is 15.2. The molecule has 3 N–H and O–H groups in total. The second kappa shape index (κ2) is 7.77. The second-order valence-electron chi connectivity index (χ2n) is 6.05. The highest BCUT2D eigenvalue weighted by molar-refractivity contribution is 5.99. The minimum absolute atomic E-state index is 0. The van der Waals surface area contributed by atoms with E-state index < -0.39 is 5.91 Å². The largest absolute Gasteiger partial charge is 0.463 e. The number of amides is 2. The highest BCUT2D eigenvalue weighted by Crippen LogP contribution is 2.22. The van der Waals surface area contributed by atoms with Gasteiger partial charge in [0.1, 0.15) is 17.7 Å². The lowest BCUT2D eigenvalue weighted by molar-refractivity contribution is 0.0758. The van der Waals surface area contributed by atoms with Gasteiger partial charge in [-0.3, -0.25) is 14.0 Å². The molecule has 1 saturated heterocycles. The fourth-order valence-corrected chi connectivity index (χ4v) is 3.07. The summed E-state index contributed by atoms with van der Waals surface area (Å²) in [5.74, 6) is -0.355. The van der Waals surface area contributed by atoms with E-state index in [1.807, 2.05) is 0 Å². The number of primary amides is 1. The smallest absolute Gasteiger partial charge is 0.271 e. The summed E-state index contributed by atoms with van der Waals surface area (Å²) in [5.41, 5.74) is 6.47. The number of furan rings is 1. The third kappa shape index (κ3) is 3.51. The molecule has 0 bridgehead atoms. The predicted octanol–water partition coefficient (Wildman–Crippen LogP) is 0.945. The Morgan fingerprint density at radius 3 is 2.85 bits per heavy atom. The molecule has 142 valence electrons. The Kier molecular flexibility index (Phi) is 5.43. The van der Waals surface area contributed by atoms with Crippen LogP contribution >= 0.6 is 12.4 Å². The van der Waals surface area contributed by atoms with Gasteiger partial charge in [-0.2, -0.15) is 0 Å². The molecule has 27 heavy (non-hydrogen) atoms. The van der Waals surface area contributed by atoms with Crippen LogP contribution in [-0.4, -0.2) is 57.3 Å². The van der Waals surface area contributed by atoms with Gasteiger partial charge in [-0.05, 0) is 31.2 Å². The molecule has 1 aliphatic rings. The van der Waals surface area contributed by atoms with Gasteiger partial charge in [0.15, 0.2) is 17.1 Å². The molecule has 0 saturated carbocycles. The zero-order valence-electron chi connectivity index (χ0n) is 14.4. The summed E-state index contributed by atoms with van der Waals surface area (Å²) in [6.45, 7) is 2.88. The molecular weight excluding hydrogens is 372 g/mol. The van der Waals surface area contributed by atoms with Gasteiger partial charge in [-0.15, -0.1) is 12.4 Å². The highest BCUT2D eigenvalue weighted by atomic mass is 35.5. The number of nitrogens with two attached hydrogens (primary N) is 1. The van der Waals surface area contributed by atoms with E-state index in [-0.39, 0.29) is 29.7 Å². The van der Waals surface area contributed by atoms with E-state index in [0.29, 0.717) is 30.2 Å². The SMILES string of the molecule is Cl.NC(=O)c1ncn2c(C(=O)N3CCCNCC3)cc(-c3ccco3)nc12. The van der Waals surface area contributed by atoms with E-state index in [1.54, 1.807) is 23.1 Å². The number of hydrogen-bond donors (Lipinski definition) is 2. The molecule has 0 spiro atoms. The first-order chi connectivity index (χ1) is 12.6. The van der Waals surface area contributed by atoms with E-state index in [4.69, 9.17) is 10.2 Å². The molecule has 1 aliphatic heterocycles. The lowest BCUT2D eigenvalue weighted by Crippen LogP contribution is -2.35. The summed E-state index contributed by atoms with van der Waals surface area (Å²) in [4.78, 5) is 35.1. The summed E-state index contributed by atoms with van der Waals surface area (Å²) >= 11 is 0. The third-order valence-corrected chi connectivity index (χ3v) is 4.36. The Labute approximate surface area is 161 Å². The molecule has 3 aromatic heterocycles. The van der Waals surface area contributed by atoms with Gasteiger partial charge in [0.05, 0.1) is 6.26 Å². The predicted molar refractivity (Wildman–Crippen MR) is 99.8 cm³/mol. The van der Waals surface area contributed by atoms with E-state index in [1.165, 1.54) is 17.0 Å². The van der Waals surface area contributed by atoms with Gasteiger partial charge in [0.25, 0.3) is 11.8 Å². The van der Waals surface area contributed by atoms with Crippen LogP contribution in [0.25, 0.3) is 17.1 Å².